The molecule has 146 valence electrons. The van der Waals surface area contributed by atoms with Crippen molar-refractivity contribution in [2.24, 2.45) is 0 Å². The molecule has 0 saturated carbocycles. The van der Waals surface area contributed by atoms with Crippen molar-refractivity contribution in [2.75, 3.05) is 14.2 Å². The molecule has 3 rings (SSSR count). The van der Waals surface area contributed by atoms with Crippen LogP contribution in [0.5, 0.6) is 11.5 Å². The standard InChI is InChI=1S/C20H20N2O6/c1-12-9-16(13(2)27-12)20-22-21-18(28-20)11-26-19(23)8-5-14-10-15(24-3)6-7-17(14)25-4/h5-10H,11H2,1-4H3/b8-5+. The average Bonchev–Trinajstić information content (AvgIpc) is 3.29. The Morgan fingerprint density at radius 3 is 2.61 bits per heavy atom. The van der Waals surface area contributed by atoms with Crippen molar-refractivity contribution in [2.45, 2.75) is 20.5 Å². The number of aromatic nitrogens is 2. The van der Waals surface area contributed by atoms with Gasteiger partial charge in [0.1, 0.15) is 23.0 Å². The van der Waals surface area contributed by atoms with Gasteiger partial charge in [-0.3, -0.25) is 0 Å². The van der Waals surface area contributed by atoms with Crippen molar-refractivity contribution in [3.8, 4) is 23.0 Å². The van der Waals surface area contributed by atoms with Crippen LogP contribution < -0.4 is 9.47 Å². The maximum Gasteiger partial charge on any atom is 0.331 e. The second-order valence-electron chi connectivity index (χ2n) is 5.88. The molecule has 8 nitrogen and oxygen atoms in total. The lowest BCUT2D eigenvalue weighted by molar-refractivity contribution is -0.139. The smallest absolute Gasteiger partial charge is 0.331 e. The third-order valence-electron chi connectivity index (χ3n) is 3.91. The molecule has 8 heteroatoms. The van der Waals surface area contributed by atoms with E-state index in [0.717, 1.165) is 5.76 Å². The van der Waals surface area contributed by atoms with Crippen LogP contribution in [0.25, 0.3) is 17.5 Å². The molecule has 0 bridgehead atoms. The van der Waals surface area contributed by atoms with E-state index in [0.29, 0.717) is 34.3 Å². The largest absolute Gasteiger partial charge is 0.497 e. The predicted octanol–water partition coefficient (Wildman–Crippen LogP) is 3.72. The Balaban J connectivity index is 1.62. The fourth-order valence-electron chi connectivity index (χ4n) is 2.57. The zero-order valence-corrected chi connectivity index (χ0v) is 16.0. The molecule has 0 saturated heterocycles. The minimum atomic E-state index is -0.556. The number of hydrogen-bond donors (Lipinski definition) is 0. The molecular weight excluding hydrogens is 364 g/mol. The van der Waals surface area contributed by atoms with Crippen molar-refractivity contribution in [1.29, 1.82) is 0 Å². The Labute approximate surface area is 161 Å². The Morgan fingerprint density at radius 2 is 1.93 bits per heavy atom. The molecular formula is C20H20N2O6. The molecule has 3 aromatic rings. The van der Waals surface area contributed by atoms with Gasteiger partial charge in [-0.1, -0.05) is 0 Å². The third kappa shape index (κ3) is 4.40. The van der Waals surface area contributed by atoms with E-state index in [9.17, 15) is 4.79 Å². The quantitative estimate of drug-likeness (QED) is 0.449. The number of nitrogens with zero attached hydrogens (tertiary/aromatic N) is 2. The summed E-state index contributed by atoms with van der Waals surface area (Å²) in [5.41, 5.74) is 1.40. The van der Waals surface area contributed by atoms with Gasteiger partial charge in [-0.05, 0) is 44.2 Å². The topological polar surface area (TPSA) is 96.8 Å². The van der Waals surface area contributed by atoms with Crippen LogP contribution >= 0.6 is 0 Å². The Bertz CT molecular complexity index is 1000. The minimum absolute atomic E-state index is 0.138. The number of carbonyl (C=O) groups is 1. The Kier molecular flexibility index (Phi) is 5.78. The van der Waals surface area contributed by atoms with Gasteiger partial charge in [-0.15, -0.1) is 10.2 Å². The first kappa shape index (κ1) is 19.2. The molecule has 0 aliphatic carbocycles. The van der Waals surface area contributed by atoms with Crippen LogP contribution in [-0.4, -0.2) is 30.4 Å². The van der Waals surface area contributed by atoms with E-state index in [-0.39, 0.29) is 12.5 Å². The number of methoxy groups -OCH3 is 2. The number of carbonyl (C=O) groups excluding carboxylic acids is 1. The fourth-order valence-corrected chi connectivity index (χ4v) is 2.57. The molecule has 2 aromatic heterocycles. The van der Waals surface area contributed by atoms with E-state index in [1.807, 2.05) is 19.9 Å². The molecule has 0 atom stereocenters. The highest BCUT2D eigenvalue weighted by Crippen LogP contribution is 2.26. The van der Waals surface area contributed by atoms with Crippen molar-refractivity contribution >= 4 is 12.0 Å². The summed E-state index contributed by atoms with van der Waals surface area (Å²) in [5, 5.41) is 7.84. The molecule has 0 aliphatic rings. The number of furan rings is 1. The van der Waals surface area contributed by atoms with E-state index >= 15 is 0 Å². The Morgan fingerprint density at radius 1 is 1.11 bits per heavy atom. The first-order chi connectivity index (χ1) is 13.5. The number of rotatable bonds is 7. The van der Waals surface area contributed by atoms with Gasteiger partial charge < -0.3 is 23.0 Å². The molecule has 2 heterocycles. The summed E-state index contributed by atoms with van der Waals surface area (Å²) in [4.78, 5) is 12.0. The SMILES string of the molecule is COc1ccc(OC)c(/C=C/C(=O)OCc2nnc(-c3cc(C)oc3C)o2)c1. The summed E-state index contributed by atoms with van der Waals surface area (Å²) < 4.78 is 26.6. The normalized spacial score (nSPS) is 11.0. The monoisotopic (exact) mass is 384 g/mol. The summed E-state index contributed by atoms with van der Waals surface area (Å²) in [6.07, 6.45) is 2.87. The van der Waals surface area contributed by atoms with Crippen molar-refractivity contribution in [1.82, 2.24) is 10.2 Å². The number of benzene rings is 1. The molecule has 0 fully saturated rings. The Hall–Kier alpha value is -3.55. The second kappa shape index (κ2) is 8.43. The van der Waals surface area contributed by atoms with Crippen LogP contribution in [0, 0.1) is 13.8 Å². The summed E-state index contributed by atoms with van der Waals surface area (Å²) in [5.74, 6) is 2.64. The highest BCUT2D eigenvalue weighted by Gasteiger charge is 2.15. The summed E-state index contributed by atoms with van der Waals surface area (Å²) in [6.45, 7) is 3.50. The minimum Gasteiger partial charge on any atom is -0.497 e. The maximum absolute atomic E-state index is 12.0. The van der Waals surface area contributed by atoms with E-state index in [2.05, 4.69) is 10.2 Å². The maximum atomic E-state index is 12.0. The molecule has 0 spiro atoms. The van der Waals surface area contributed by atoms with Crippen LogP contribution in [0.1, 0.15) is 23.0 Å². The molecule has 0 radical (unpaired) electrons. The lowest BCUT2D eigenvalue weighted by Crippen LogP contribution is -2.01. The second-order valence-corrected chi connectivity index (χ2v) is 5.88. The van der Waals surface area contributed by atoms with E-state index in [1.54, 1.807) is 38.5 Å². The van der Waals surface area contributed by atoms with Crippen LogP contribution in [0.4, 0.5) is 0 Å². The molecule has 1 aromatic carbocycles. The lowest BCUT2D eigenvalue weighted by atomic mass is 10.1. The zero-order valence-electron chi connectivity index (χ0n) is 16.0. The van der Waals surface area contributed by atoms with Crippen LogP contribution in [-0.2, 0) is 16.1 Å². The molecule has 0 aliphatic heterocycles. The third-order valence-corrected chi connectivity index (χ3v) is 3.91. The highest BCUT2D eigenvalue weighted by atomic mass is 16.5. The van der Waals surface area contributed by atoms with E-state index < -0.39 is 5.97 Å². The van der Waals surface area contributed by atoms with Gasteiger partial charge in [0.2, 0.25) is 0 Å². The van der Waals surface area contributed by atoms with Gasteiger partial charge >= 0.3 is 5.97 Å². The predicted molar refractivity (Wildman–Crippen MR) is 99.9 cm³/mol. The van der Waals surface area contributed by atoms with Gasteiger partial charge in [0, 0.05) is 11.6 Å². The van der Waals surface area contributed by atoms with Crippen molar-refractivity contribution in [3.63, 3.8) is 0 Å². The van der Waals surface area contributed by atoms with Gasteiger partial charge in [0.15, 0.2) is 6.61 Å². The molecule has 0 amide bonds. The number of esters is 1. The number of aryl methyl sites for hydroxylation is 2. The van der Waals surface area contributed by atoms with Gasteiger partial charge in [-0.25, -0.2) is 4.79 Å². The summed E-state index contributed by atoms with van der Waals surface area (Å²) >= 11 is 0. The van der Waals surface area contributed by atoms with Gasteiger partial charge in [0.25, 0.3) is 11.8 Å². The first-order valence-electron chi connectivity index (χ1n) is 8.46. The first-order valence-corrected chi connectivity index (χ1v) is 8.46. The lowest BCUT2D eigenvalue weighted by Gasteiger charge is -2.07. The highest BCUT2D eigenvalue weighted by molar-refractivity contribution is 5.87. The summed E-state index contributed by atoms with van der Waals surface area (Å²) in [7, 11) is 3.11. The number of ether oxygens (including phenoxy) is 3. The van der Waals surface area contributed by atoms with Crippen LogP contribution in [0.2, 0.25) is 0 Å². The molecule has 0 unspecified atom stereocenters. The van der Waals surface area contributed by atoms with Crippen LogP contribution in [0.3, 0.4) is 0 Å². The van der Waals surface area contributed by atoms with Crippen LogP contribution in [0.15, 0.2) is 39.2 Å². The summed E-state index contributed by atoms with van der Waals surface area (Å²) in [6, 6.07) is 7.08. The molecule has 28 heavy (non-hydrogen) atoms. The fraction of sp³-hybridized carbons (Fsp3) is 0.250. The molecule has 0 N–H and O–H groups in total. The van der Waals surface area contributed by atoms with E-state index in [1.165, 1.54) is 6.08 Å². The van der Waals surface area contributed by atoms with E-state index in [4.69, 9.17) is 23.0 Å². The average molecular weight is 384 g/mol. The van der Waals surface area contributed by atoms with Gasteiger partial charge in [0.05, 0.1) is 19.8 Å². The number of hydrogen-bond acceptors (Lipinski definition) is 8. The zero-order chi connectivity index (χ0) is 20.1. The van der Waals surface area contributed by atoms with Gasteiger partial charge in [-0.2, -0.15) is 0 Å². The van der Waals surface area contributed by atoms with Crippen molar-refractivity contribution in [3.05, 3.63) is 53.3 Å². The van der Waals surface area contributed by atoms with Crippen molar-refractivity contribution < 1.29 is 27.8 Å².